The number of nitrogens with zero attached hydrogens (tertiary/aromatic N) is 2. The van der Waals surface area contributed by atoms with Gasteiger partial charge in [0.25, 0.3) is 0 Å². The lowest BCUT2D eigenvalue weighted by Crippen LogP contribution is -2.41. The highest BCUT2D eigenvalue weighted by atomic mass is 32.2. The van der Waals surface area contributed by atoms with Crippen molar-refractivity contribution in [3.05, 3.63) is 58.8 Å². The van der Waals surface area contributed by atoms with Crippen LogP contribution in [-0.4, -0.2) is 47.5 Å². The Hall–Kier alpha value is -1.90. The van der Waals surface area contributed by atoms with Crippen LogP contribution in [0.15, 0.2) is 58.9 Å². The van der Waals surface area contributed by atoms with Gasteiger partial charge < -0.3 is 4.90 Å². The van der Waals surface area contributed by atoms with Crippen LogP contribution in [-0.2, 0) is 21.2 Å². The SMILES string of the molecule is O=C(CSc1ccc2ccccc2n1)N(Cc1cccs1)[C@H]1CCS(=O)(=O)C1. The summed E-state index contributed by atoms with van der Waals surface area (Å²) < 4.78 is 23.8. The van der Waals surface area contributed by atoms with Gasteiger partial charge in [-0.15, -0.1) is 11.3 Å². The van der Waals surface area contributed by atoms with E-state index >= 15 is 0 Å². The first-order valence-corrected chi connectivity index (χ1v) is 12.7. The summed E-state index contributed by atoms with van der Waals surface area (Å²) in [6.07, 6.45) is 0.512. The molecule has 4 rings (SSSR count). The molecule has 0 unspecified atom stereocenters. The van der Waals surface area contributed by atoms with E-state index in [1.807, 2.05) is 53.9 Å². The summed E-state index contributed by atoms with van der Waals surface area (Å²) in [6.45, 7) is 0.461. The third-order valence-electron chi connectivity index (χ3n) is 4.79. The molecular weight excluding hydrogens is 412 g/mol. The highest BCUT2D eigenvalue weighted by molar-refractivity contribution is 7.99. The second-order valence-corrected chi connectivity index (χ2v) is 11.0. The maximum atomic E-state index is 13.0. The van der Waals surface area contributed by atoms with E-state index in [0.29, 0.717) is 13.0 Å². The average Bonchev–Trinajstić information content (AvgIpc) is 3.33. The number of hydrogen-bond acceptors (Lipinski definition) is 6. The third-order valence-corrected chi connectivity index (χ3v) is 8.32. The maximum absolute atomic E-state index is 13.0. The smallest absolute Gasteiger partial charge is 0.233 e. The van der Waals surface area contributed by atoms with Crippen molar-refractivity contribution in [1.29, 1.82) is 0 Å². The Morgan fingerprint density at radius 3 is 2.79 bits per heavy atom. The van der Waals surface area contributed by atoms with E-state index in [9.17, 15) is 13.2 Å². The van der Waals surface area contributed by atoms with Crippen LogP contribution in [0.5, 0.6) is 0 Å². The fourth-order valence-corrected chi connectivity index (χ4v) is 6.56. The Morgan fingerprint density at radius 1 is 1.18 bits per heavy atom. The molecule has 0 bridgehead atoms. The van der Waals surface area contributed by atoms with E-state index < -0.39 is 9.84 Å². The molecule has 0 aliphatic carbocycles. The minimum Gasteiger partial charge on any atom is -0.333 e. The Morgan fingerprint density at radius 2 is 2.04 bits per heavy atom. The molecule has 1 fully saturated rings. The van der Waals surface area contributed by atoms with Crippen molar-refractivity contribution in [3.8, 4) is 0 Å². The predicted molar refractivity (Wildman–Crippen MR) is 114 cm³/mol. The molecule has 1 amide bonds. The van der Waals surface area contributed by atoms with E-state index in [2.05, 4.69) is 4.98 Å². The highest BCUT2D eigenvalue weighted by Crippen LogP contribution is 2.25. The number of pyridine rings is 1. The normalized spacial score (nSPS) is 18.4. The van der Waals surface area contributed by atoms with Gasteiger partial charge in [-0.2, -0.15) is 0 Å². The fraction of sp³-hybridized carbons (Fsp3) is 0.300. The Bertz CT molecular complexity index is 1080. The van der Waals surface area contributed by atoms with E-state index in [0.717, 1.165) is 20.8 Å². The molecule has 1 saturated heterocycles. The number of fused-ring (bicyclic) bond motifs is 1. The lowest BCUT2D eigenvalue weighted by molar-refractivity contribution is -0.130. The van der Waals surface area contributed by atoms with E-state index in [-0.39, 0.29) is 29.2 Å². The van der Waals surface area contributed by atoms with Crippen molar-refractivity contribution < 1.29 is 13.2 Å². The van der Waals surface area contributed by atoms with E-state index in [4.69, 9.17) is 0 Å². The summed E-state index contributed by atoms with van der Waals surface area (Å²) in [5.41, 5.74) is 0.900. The molecule has 0 saturated carbocycles. The molecule has 0 spiro atoms. The lowest BCUT2D eigenvalue weighted by Gasteiger charge is -2.27. The van der Waals surface area contributed by atoms with Crippen LogP contribution >= 0.6 is 23.1 Å². The molecule has 5 nitrogen and oxygen atoms in total. The van der Waals surface area contributed by atoms with Crippen molar-refractivity contribution >= 4 is 49.7 Å². The standard InChI is InChI=1S/C20H20N2O3S3/c23-20(13-27-19-8-7-15-4-1-2-6-18(15)21-19)22(12-17-5-3-10-26-17)16-9-11-28(24,25)14-16/h1-8,10,16H,9,11-14H2/t16-/m0/s1. The van der Waals surface area contributed by atoms with Crippen molar-refractivity contribution in [2.75, 3.05) is 17.3 Å². The van der Waals surface area contributed by atoms with Crippen molar-refractivity contribution in [2.24, 2.45) is 0 Å². The largest absolute Gasteiger partial charge is 0.333 e. The average molecular weight is 433 g/mol. The molecule has 3 heterocycles. The molecule has 28 heavy (non-hydrogen) atoms. The number of sulfone groups is 1. The minimum absolute atomic E-state index is 0.0459. The molecule has 1 aliphatic rings. The molecular formula is C20H20N2O3S3. The van der Waals surface area contributed by atoms with Crippen molar-refractivity contribution in [1.82, 2.24) is 9.88 Å². The zero-order chi connectivity index (χ0) is 19.6. The Balaban J connectivity index is 1.48. The number of carbonyl (C=O) groups excluding carboxylic acids is 1. The fourth-order valence-electron chi connectivity index (χ4n) is 3.36. The second-order valence-electron chi connectivity index (χ2n) is 6.79. The Labute approximate surface area is 172 Å². The zero-order valence-electron chi connectivity index (χ0n) is 15.2. The van der Waals surface area contributed by atoms with Gasteiger partial charge in [-0.3, -0.25) is 4.79 Å². The Kier molecular flexibility index (Phi) is 5.70. The molecule has 0 N–H and O–H groups in total. The van der Waals surface area contributed by atoms with E-state index in [1.54, 1.807) is 16.2 Å². The number of hydrogen-bond donors (Lipinski definition) is 0. The third kappa shape index (κ3) is 4.56. The van der Waals surface area contributed by atoms with Gasteiger partial charge in [0.15, 0.2) is 9.84 Å². The number of rotatable bonds is 6. The molecule has 1 aromatic carbocycles. The molecule has 146 valence electrons. The predicted octanol–water partition coefficient (Wildman–Crippen LogP) is 3.60. The summed E-state index contributed by atoms with van der Waals surface area (Å²) in [6, 6.07) is 15.5. The summed E-state index contributed by atoms with van der Waals surface area (Å²) in [5, 5.41) is 3.83. The number of thioether (sulfide) groups is 1. The van der Waals surface area contributed by atoms with Gasteiger partial charge in [-0.1, -0.05) is 42.1 Å². The minimum atomic E-state index is -3.05. The van der Waals surface area contributed by atoms with Crippen molar-refractivity contribution in [2.45, 2.75) is 24.0 Å². The van der Waals surface area contributed by atoms with Gasteiger partial charge >= 0.3 is 0 Å². The first-order valence-electron chi connectivity index (χ1n) is 9.01. The number of amides is 1. The lowest BCUT2D eigenvalue weighted by atomic mass is 10.2. The number of carbonyl (C=O) groups is 1. The first kappa shape index (κ1) is 19.4. The van der Waals surface area contributed by atoms with Gasteiger partial charge in [-0.25, -0.2) is 13.4 Å². The second kappa shape index (κ2) is 8.23. The summed E-state index contributed by atoms with van der Waals surface area (Å²) >= 11 is 2.98. The molecule has 1 aliphatic heterocycles. The molecule has 1 atom stereocenters. The highest BCUT2D eigenvalue weighted by Gasteiger charge is 2.34. The monoisotopic (exact) mass is 432 g/mol. The summed E-state index contributed by atoms with van der Waals surface area (Å²) in [7, 11) is -3.05. The topological polar surface area (TPSA) is 67.3 Å². The van der Waals surface area contributed by atoms with Gasteiger partial charge in [0.1, 0.15) is 0 Å². The van der Waals surface area contributed by atoms with Crippen molar-refractivity contribution in [3.63, 3.8) is 0 Å². The molecule has 2 aromatic heterocycles. The van der Waals surface area contributed by atoms with E-state index in [1.165, 1.54) is 11.8 Å². The van der Waals surface area contributed by atoms with Gasteiger partial charge in [0, 0.05) is 16.3 Å². The van der Waals surface area contributed by atoms with Crippen LogP contribution in [0, 0.1) is 0 Å². The maximum Gasteiger partial charge on any atom is 0.233 e. The zero-order valence-corrected chi connectivity index (χ0v) is 17.6. The van der Waals surface area contributed by atoms with Crippen LogP contribution in [0.1, 0.15) is 11.3 Å². The number of aromatic nitrogens is 1. The number of para-hydroxylation sites is 1. The molecule has 0 radical (unpaired) electrons. The molecule has 3 aromatic rings. The van der Waals surface area contributed by atoms with Crippen LogP contribution in [0.2, 0.25) is 0 Å². The first-order chi connectivity index (χ1) is 13.5. The number of thiophene rings is 1. The quantitative estimate of drug-likeness (QED) is 0.557. The summed E-state index contributed by atoms with van der Waals surface area (Å²) in [5.74, 6) is 0.414. The van der Waals surface area contributed by atoms with Crippen LogP contribution in [0.4, 0.5) is 0 Å². The van der Waals surface area contributed by atoms with Gasteiger partial charge in [0.05, 0.1) is 34.3 Å². The molecule has 8 heteroatoms. The van der Waals surface area contributed by atoms with Gasteiger partial charge in [-0.05, 0) is 30.0 Å². The summed E-state index contributed by atoms with van der Waals surface area (Å²) in [4.78, 5) is 20.4. The number of benzene rings is 1. The van der Waals surface area contributed by atoms with Gasteiger partial charge in [0.2, 0.25) is 5.91 Å². The van der Waals surface area contributed by atoms with Crippen LogP contribution < -0.4 is 0 Å². The van der Waals surface area contributed by atoms with Crippen LogP contribution in [0.3, 0.4) is 0 Å². The van der Waals surface area contributed by atoms with Crippen LogP contribution in [0.25, 0.3) is 10.9 Å².